The van der Waals surface area contributed by atoms with Crippen LogP contribution >= 0.6 is 0 Å². The molecule has 3 aromatic rings. The number of anilines is 2. The average Bonchev–Trinajstić information content (AvgIpc) is 2.99. The Morgan fingerprint density at radius 1 is 1.29 bits per heavy atom. The van der Waals surface area contributed by atoms with Crippen molar-refractivity contribution < 1.29 is 4.63 Å². The quantitative estimate of drug-likeness (QED) is 0.582. The first-order chi connectivity index (χ1) is 8.34. The summed E-state index contributed by atoms with van der Waals surface area (Å²) >= 11 is 0. The number of hydrogen-bond donors (Lipinski definition) is 3. The summed E-state index contributed by atoms with van der Waals surface area (Å²) in [6.07, 6.45) is 3.57. The van der Waals surface area contributed by atoms with Crippen molar-refractivity contribution in [2.75, 3.05) is 11.1 Å². The number of hydrogen-bond acceptors (Lipinski definition) is 6. The SMILES string of the molecule is Nc1ccc(NCc2cn[nH]c2)c2nonc12. The predicted octanol–water partition coefficient (Wildman–Crippen LogP) is 1.14. The van der Waals surface area contributed by atoms with Crippen molar-refractivity contribution >= 4 is 22.4 Å². The third-order valence-corrected chi connectivity index (χ3v) is 2.48. The second-order valence-corrected chi connectivity index (χ2v) is 3.62. The van der Waals surface area contributed by atoms with E-state index in [1.54, 1.807) is 12.3 Å². The Kier molecular flexibility index (Phi) is 2.14. The van der Waals surface area contributed by atoms with Crippen LogP contribution in [0.1, 0.15) is 5.56 Å². The normalized spacial score (nSPS) is 10.8. The maximum absolute atomic E-state index is 5.76. The molecule has 0 spiro atoms. The Bertz CT molecular complexity index is 629. The summed E-state index contributed by atoms with van der Waals surface area (Å²) < 4.78 is 4.68. The van der Waals surface area contributed by atoms with Crippen LogP contribution < -0.4 is 11.1 Å². The minimum absolute atomic E-state index is 0.551. The van der Waals surface area contributed by atoms with E-state index < -0.39 is 0 Å². The Hall–Kier alpha value is -2.57. The molecule has 0 radical (unpaired) electrons. The number of benzene rings is 1. The molecule has 7 nitrogen and oxygen atoms in total. The second-order valence-electron chi connectivity index (χ2n) is 3.62. The highest BCUT2D eigenvalue weighted by Gasteiger charge is 2.09. The fourth-order valence-corrected chi connectivity index (χ4v) is 1.60. The first-order valence-electron chi connectivity index (χ1n) is 5.07. The molecule has 0 aliphatic heterocycles. The molecule has 0 unspecified atom stereocenters. The molecule has 0 amide bonds. The van der Waals surface area contributed by atoms with Crippen molar-refractivity contribution in [3.63, 3.8) is 0 Å². The summed E-state index contributed by atoms with van der Waals surface area (Å²) in [5.74, 6) is 0. The molecule has 3 rings (SSSR count). The van der Waals surface area contributed by atoms with E-state index >= 15 is 0 Å². The Labute approximate surface area is 96.0 Å². The minimum atomic E-state index is 0.551. The molecule has 0 atom stereocenters. The molecule has 0 saturated heterocycles. The van der Waals surface area contributed by atoms with Gasteiger partial charge in [0.1, 0.15) is 0 Å². The van der Waals surface area contributed by atoms with Crippen molar-refractivity contribution in [3.05, 3.63) is 30.1 Å². The van der Waals surface area contributed by atoms with Crippen molar-refractivity contribution in [2.24, 2.45) is 0 Å². The van der Waals surface area contributed by atoms with Crippen LogP contribution in [0, 0.1) is 0 Å². The van der Waals surface area contributed by atoms with Gasteiger partial charge in [0.25, 0.3) is 0 Å². The highest BCUT2D eigenvalue weighted by atomic mass is 16.6. The van der Waals surface area contributed by atoms with E-state index in [0.29, 0.717) is 23.3 Å². The molecule has 0 bridgehead atoms. The number of nitrogen functional groups attached to an aromatic ring is 1. The Morgan fingerprint density at radius 2 is 2.18 bits per heavy atom. The zero-order chi connectivity index (χ0) is 11.7. The van der Waals surface area contributed by atoms with Crippen molar-refractivity contribution in [1.29, 1.82) is 0 Å². The summed E-state index contributed by atoms with van der Waals surface area (Å²) in [4.78, 5) is 0. The number of nitrogens with one attached hydrogen (secondary N) is 2. The largest absolute Gasteiger partial charge is 0.397 e. The monoisotopic (exact) mass is 230 g/mol. The van der Waals surface area contributed by atoms with E-state index in [2.05, 4.69) is 30.5 Å². The number of aromatic amines is 1. The molecule has 1 aromatic carbocycles. The summed E-state index contributed by atoms with van der Waals surface area (Å²) in [5.41, 5.74) is 9.39. The predicted molar refractivity (Wildman–Crippen MR) is 62.1 cm³/mol. The number of nitrogens with two attached hydrogens (primary N) is 1. The van der Waals surface area contributed by atoms with E-state index in [-0.39, 0.29) is 0 Å². The van der Waals surface area contributed by atoms with Gasteiger partial charge in [-0.15, -0.1) is 0 Å². The number of aromatic nitrogens is 4. The van der Waals surface area contributed by atoms with Crippen LogP contribution in [0.3, 0.4) is 0 Å². The third kappa shape index (κ3) is 1.67. The zero-order valence-electron chi connectivity index (χ0n) is 8.84. The van der Waals surface area contributed by atoms with Crippen LogP contribution in [0.25, 0.3) is 11.0 Å². The van der Waals surface area contributed by atoms with Crippen LogP contribution in [0.15, 0.2) is 29.2 Å². The van der Waals surface area contributed by atoms with Crippen LogP contribution in [0.2, 0.25) is 0 Å². The fraction of sp³-hybridized carbons (Fsp3) is 0.100. The van der Waals surface area contributed by atoms with Crippen LogP contribution in [-0.2, 0) is 6.54 Å². The van der Waals surface area contributed by atoms with Gasteiger partial charge in [-0.1, -0.05) is 0 Å². The number of rotatable bonds is 3. The number of fused-ring (bicyclic) bond motifs is 1. The molecule has 0 saturated carbocycles. The Morgan fingerprint density at radius 3 is 3.00 bits per heavy atom. The van der Waals surface area contributed by atoms with Gasteiger partial charge in [-0.3, -0.25) is 5.10 Å². The Balaban J connectivity index is 1.90. The zero-order valence-corrected chi connectivity index (χ0v) is 8.84. The lowest BCUT2D eigenvalue weighted by atomic mass is 10.2. The van der Waals surface area contributed by atoms with Gasteiger partial charge >= 0.3 is 0 Å². The van der Waals surface area contributed by atoms with E-state index in [1.807, 2.05) is 12.3 Å². The molecule has 0 aliphatic carbocycles. The highest BCUT2D eigenvalue weighted by Crippen LogP contribution is 2.25. The molecule has 86 valence electrons. The van der Waals surface area contributed by atoms with E-state index in [4.69, 9.17) is 5.73 Å². The third-order valence-electron chi connectivity index (χ3n) is 2.48. The summed E-state index contributed by atoms with van der Waals surface area (Å²) in [6, 6.07) is 3.62. The molecule has 0 aliphatic rings. The van der Waals surface area contributed by atoms with Crippen molar-refractivity contribution in [1.82, 2.24) is 20.5 Å². The van der Waals surface area contributed by atoms with E-state index in [1.165, 1.54) is 0 Å². The summed E-state index contributed by atoms with van der Waals surface area (Å²) in [6.45, 7) is 0.641. The fourth-order valence-electron chi connectivity index (χ4n) is 1.60. The van der Waals surface area contributed by atoms with Gasteiger partial charge in [0.2, 0.25) is 0 Å². The number of nitrogens with zero attached hydrogens (tertiary/aromatic N) is 3. The minimum Gasteiger partial charge on any atom is -0.397 e. The van der Waals surface area contributed by atoms with Gasteiger partial charge in [0.15, 0.2) is 11.0 Å². The van der Waals surface area contributed by atoms with Crippen molar-refractivity contribution in [2.45, 2.75) is 6.54 Å². The highest BCUT2D eigenvalue weighted by molar-refractivity contribution is 5.94. The first-order valence-corrected chi connectivity index (χ1v) is 5.07. The van der Waals surface area contributed by atoms with Crippen molar-refractivity contribution in [3.8, 4) is 0 Å². The maximum Gasteiger partial charge on any atom is 0.160 e. The van der Waals surface area contributed by atoms with Crippen LogP contribution in [-0.4, -0.2) is 20.5 Å². The average molecular weight is 230 g/mol. The van der Waals surface area contributed by atoms with Gasteiger partial charge < -0.3 is 11.1 Å². The van der Waals surface area contributed by atoms with Gasteiger partial charge in [0, 0.05) is 18.3 Å². The molecule has 0 fully saturated rings. The first kappa shape index (κ1) is 9.64. The number of H-pyrrole nitrogens is 1. The smallest absolute Gasteiger partial charge is 0.160 e. The lowest BCUT2D eigenvalue weighted by molar-refractivity contribution is 0.316. The van der Waals surface area contributed by atoms with Gasteiger partial charge in [-0.2, -0.15) is 5.10 Å². The lowest BCUT2D eigenvalue weighted by Crippen LogP contribution is -1.99. The summed E-state index contributed by atoms with van der Waals surface area (Å²) in [7, 11) is 0. The maximum atomic E-state index is 5.76. The topological polar surface area (TPSA) is 106 Å². The molecule has 7 heteroatoms. The van der Waals surface area contributed by atoms with Gasteiger partial charge in [-0.05, 0) is 22.4 Å². The van der Waals surface area contributed by atoms with Gasteiger partial charge in [-0.25, -0.2) is 4.63 Å². The molecule has 4 N–H and O–H groups in total. The molecule has 2 heterocycles. The van der Waals surface area contributed by atoms with E-state index in [0.717, 1.165) is 11.3 Å². The molecular formula is C10H10N6O. The van der Waals surface area contributed by atoms with Crippen LogP contribution in [0.4, 0.5) is 11.4 Å². The lowest BCUT2D eigenvalue weighted by Gasteiger charge is -2.05. The van der Waals surface area contributed by atoms with Crippen LogP contribution in [0.5, 0.6) is 0 Å². The van der Waals surface area contributed by atoms with E-state index in [9.17, 15) is 0 Å². The standard InChI is InChI=1S/C10H10N6O/c11-7-1-2-8(10-9(7)15-17-16-10)12-3-6-4-13-14-5-6/h1-2,4-5,12H,3,11H2,(H,13,14). The molecule has 2 aromatic heterocycles. The van der Waals surface area contributed by atoms with Gasteiger partial charge in [0.05, 0.1) is 17.6 Å². The summed E-state index contributed by atoms with van der Waals surface area (Å²) in [5, 5.41) is 17.4. The molecule has 17 heavy (non-hydrogen) atoms. The second kappa shape index (κ2) is 3.78. The molecular weight excluding hydrogens is 220 g/mol.